The van der Waals surface area contributed by atoms with Gasteiger partial charge in [0.15, 0.2) is 0 Å². The van der Waals surface area contributed by atoms with Gasteiger partial charge in [0.05, 0.1) is 12.6 Å². The van der Waals surface area contributed by atoms with Crippen LogP contribution in [0.15, 0.2) is 0 Å². The Balaban J connectivity index is 2.46. The molecular formula is C10H20N2O2. The van der Waals surface area contributed by atoms with Gasteiger partial charge < -0.3 is 14.9 Å². The molecule has 2 atom stereocenters. The molecular weight excluding hydrogens is 180 g/mol. The van der Waals surface area contributed by atoms with Crippen LogP contribution in [0.2, 0.25) is 0 Å². The Bertz CT molecular complexity index is 196. The molecule has 14 heavy (non-hydrogen) atoms. The fourth-order valence-corrected chi connectivity index (χ4v) is 1.89. The number of nitrogens with zero attached hydrogens (tertiary/aromatic N) is 2. The molecule has 0 radical (unpaired) electrons. The second-order valence-electron chi connectivity index (χ2n) is 4.53. The van der Waals surface area contributed by atoms with Crippen LogP contribution >= 0.6 is 0 Å². The van der Waals surface area contributed by atoms with E-state index in [0.717, 1.165) is 13.0 Å². The van der Waals surface area contributed by atoms with Crippen molar-refractivity contribution < 1.29 is 9.90 Å². The summed E-state index contributed by atoms with van der Waals surface area (Å²) in [5.41, 5.74) is 0. The third kappa shape index (κ3) is 3.27. The molecule has 1 heterocycles. The number of β-amino-alcohol motifs (C(OH)–C–C–N with tert-alkyl or cyclic N) is 1. The van der Waals surface area contributed by atoms with E-state index in [-0.39, 0.29) is 12.0 Å². The molecule has 0 aliphatic carbocycles. The lowest BCUT2D eigenvalue weighted by Gasteiger charge is -2.34. The zero-order chi connectivity index (χ0) is 10.7. The predicted molar refractivity (Wildman–Crippen MR) is 54.9 cm³/mol. The van der Waals surface area contributed by atoms with Gasteiger partial charge in [0.2, 0.25) is 5.91 Å². The maximum Gasteiger partial charge on any atom is 0.236 e. The van der Waals surface area contributed by atoms with Crippen molar-refractivity contribution in [2.75, 3.05) is 33.7 Å². The number of hydrogen-bond acceptors (Lipinski definition) is 3. The molecule has 0 aromatic rings. The Hall–Kier alpha value is -0.610. The van der Waals surface area contributed by atoms with Crippen LogP contribution in [0.5, 0.6) is 0 Å². The summed E-state index contributed by atoms with van der Waals surface area (Å²) in [5, 5.41) is 9.53. The summed E-state index contributed by atoms with van der Waals surface area (Å²) in [6.07, 6.45) is 0.469. The quantitative estimate of drug-likeness (QED) is 0.670. The minimum absolute atomic E-state index is 0.112. The Labute approximate surface area is 85.5 Å². The van der Waals surface area contributed by atoms with E-state index < -0.39 is 0 Å². The molecule has 2 unspecified atom stereocenters. The molecule has 0 spiro atoms. The van der Waals surface area contributed by atoms with Gasteiger partial charge in [0.25, 0.3) is 0 Å². The van der Waals surface area contributed by atoms with Gasteiger partial charge in [-0.3, -0.25) is 4.79 Å². The van der Waals surface area contributed by atoms with E-state index in [1.807, 2.05) is 19.0 Å². The molecule has 1 amide bonds. The number of hydrogen-bond donors (Lipinski definition) is 1. The van der Waals surface area contributed by atoms with E-state index in [1.165, 1.54) is 0 Å². The Morgan fingerprint density at radius 3 is 2.64 bits per heavy atom. The first-order valence-electron chi connectivity index (χ1n) is 5.09. The number of aliphatic hydroxyl groups excluding tert-OH is 1. The molecule has 0 aromatic carbocycles. The summed E-state index contributed by atoms with van der Waals surface area (Å²) in [7, 11) is 3.75. The molecule has 1 fully saturated rings. The van der Waals surface area contributed by atoms with E-state index in [1.54, 1.807) is 4.90 Å². The zero-order valence-electron chi connectivity index (χ0n) is 9.23. The van der Waals surface area contributed by atoms with Crippen LogP contribution in [0.3, 0.4) is 0 Å². The summed E-state index contributed by atoms with van der Waals surface area (Å²) in [6, 6.07) is 0. The van der Waals surface area contributed by atoms with Crippen molar-refractivity contribution >= 4 is 5.91 Å². The first kappa shape index (κ1) is 11.5. The van der Waals surface area contributed by atoms with E-state index in [9.17, 15) is 9.90 Å². The largest absolute Gasteiger partial charge is 0.391 e. The molecule has 1 N–H and O–H groups in total. The van der Waals surface area contributed by atoms with Gasteiger partial charge >= 0.3 is 0 Å². The van der Waals surface area contributed by atoms with Crippen LogP contribution in [0.4, 0.5) is 0 Å². The second kappa shape index (κ2) is 4.75. The lowest BCUT2D eigenvalue weighted by molar-refractivity contribution is -0.136. The van der Waals surface area contributed by atoms with Crippen LogP contribution in [-0.4, -0.2) is 60.6 Å². The van der Waals surface area contributed by atoms with Crippen LogP contribution in [0, 0.1) is 5.92 Å². The third-order valence-corrected chi connectivity index (χ3v) is 2.44. The van der Waals surface area contributed by atoms with E-state index in [4.69, 9.17) is 0 Å². The summed E-state index contributed by atoms with van der Waals surface area (Å²) < 4.78 is 0. The minimum atomic E-state index is -0.343. The van der Waals surface area contributed by atoms with E-state index in [0.29, 0.717) is 19.0 Å². The normalized spacial score (nSPS) is 28.2. The molecule has 4 nitrogen and oxygen atoms in total. The molecule has 1 aliphatic heterocycles. The van der Waals surface area contributed by atoms with Crippen molar-refractivity contribution in [3.63, 3.8) is 0 Å². The molecule has 0 aromatic heterocycles. The number of carbonyl (C=O) groups is 1. The Morgan fingerprint density at radius 1 is 1.50 bits per heavy atom. The SMILES string of the molecule is CC1CC(O)CN(C(=O)CN(C)C)C1. The number of rotatable bonds is 2. The maximum absolute atomic E-state index is 11.7. The maximum atomic E-state index is 11.7. The molecule has 1 rings (SSSR count). The highest BCUT2D eigenvalue weighted by Crippen LogP contribution is 2.16. The number of piperidine rings is 1. The Morgan fingerprint density at radius 2 is 2.14 bits per heavy atom. The van der Waals surface area contributed by atoms with Gasteiger partial charge in [-0.15, -0.1) is 0 Å². The first-order chi connectivity index (χ1) is 6.49. The van der Waals surface area contributed by atoms with Crippen molar-refractivity contribution in [3.05, 3.63) is 0 Å². The van der Waals surface area contributed by atoms with Crippen molar-refractivity contribution in [3.8, 4) is 0 Å². The van der Waals surface area contributed by atoms with Gasteiger partial charge in [-0.25, -0.2) is 0 Å². The molecule has 4 heteroatoms. The van der Waals surface area contributed by atoms with Gasteiger partial charge in [0, 0.05) is 13.1 Å². The van der Waals surface area contributed by atoms with E-state index in [2.05, 4.69) is 6.92 Å². The van der Waals surface area contributed by atoms with Crippen LogP contribution < -0.4 is 0 Å². The number of amides is 1. The fourth-order valence-electron chi connectivity index (χ4n) is 1.89. The van der Waals surface area contributed by atoms with Crippen LogP contribution in [0.25, 0.3) is 0 Å². The van der Waals surface area contributed by atoms with Crippen molar-refractivity contribution in [2.24, 2.45) is 5.92 Å². The number of carbonyl (C=O) groups excluding carboxylic acids is 1. The Kier molecular flexibility index (Phi) is 3.89. The fraction of sp³-hybridized carbons (Fsp3) is 0.900. The summed E-state index contributed by atoms with van der Waals surface area (Å²) in [6.45, 7) is 3.78. The number of aliphatic hydroxyl groups is 1. The average Bonchev–Trinajstić information content (AvgIpc) is 2.00. The summed E-state index contributed by atoms with van der Waals surface area (Å²) >= 11 is 0. The molecule has 1 saturated heterocycles. The van der Waals surface area contributed by atoms with Crippen LogP contribution in [-0.2, 0) is 4.79 Å². The molecule has 1 aliphatic rings. The van der Waals surface area contributed by atoms with Crippen molar-refractivity contribution in [1.29, 1.82) is 0 Å². The van der Waals surface area contributed by atoms with Gasteiger partial charge in [-0.2, -0.15) is 0 Å². The van der Waals surface area contributed by atoms with Crippen molar-refractivity contribution in [2.45, 2.75) is 19.4 Å². The second-order valence-corrected chi connectivity index (χ2v) is 4.53. The number of likely N-dealkylation sites (N-methyl/N-ethyl adjacent to an activating group) is 1. The lowest BCUT2D eigenvalue weighted by atomic mass is 9.98. The predicted octanol–water partition coefficient (Wildman–Crippen LogP) is -0.223. The average molecular weight is 200 g/mol. The van der Waals surface area contributed by atoms with Crippen LogP contribution in [0.1, 0.15) is 13.3 Å². The standard InChI is InChI=1S/C10H20N2O2/c1-8-4-9(13)6-12(5-8)10(14)7-11(2)3/h8-9,13H,4-7H2,1-3H3. The smallest absolute Gasteiger partial charge is 0.236 e. The minimum Gasteiger partial charge on any atom is -0.391 e. The van der Waals surface area contributed by atoms with Gasteiger partial charge in [0.1, 0.15) is 0 Å². The lowest BCUT2D eigenvalue weighted by Crippen LogP contribution is -2.48. The molecule has 0 saturated carbocycles. The van der Waals surface area contributed by atoms with Crippen molar-refractivity contribution in [1.82, 2.24) is 9.80 Å². The van der Waals surface area contributed by atoms with E-state index >= 15 is 0 Å². The topological polar surface area (TPSA) is 43.8 Å². The summed E-state index contributed by atoms with van der Waals surface area (Å²) in [4.78, 5) is 15.3. The number of likely N-dealkylation sites (tertiary alicyclic amines) is 1. The summed E-state index contributed by atoms with van der Waals surface area (Å²) in [5.74, 6) is 0.519. The van der Waals surface area contributed by atoms with Gasteiger partial charge in [-0.1, -0.05) is 6.92 Å². The highest BCUT2D eigenvalue weighted by atomic mass is 16.3. The van der Waals surface area contributed by atoms with Gasteiger partial charge in [-0.05, 0) is 26.4 Å². The molecule has 0 bridgehead atoms. The highest BCUT2D eigenvalue weighted by molar-refractivity contribution is 5.78. The highest BCUT2D eigenvalue weighted by Gasteiger charge is 2.26. The molecule has 82 valence electrons. The third-order valence-electron chi connectivity index (χ3n) is 2.44. The first-order valence-corrected chi connectivity index (χ1v) is 5.09. The zero-order valence-corrected chi connectivity index (χ0v) is 9.23. The monoisotopic (exact) mass is 200 g/mol.